The van der Waals surface area contributed by atoms with Gasteiger partial charge in [0.1, 0.15) is 23.1 Å². The van der Waals surface area contributed by atoms with Crippen molar-refractivity contribution in [2.24, 2.45) is 0 Å². The predicted molar refractivity (Wildman–Crippen MR) is 79.9 cm³/mol. The van der Waals surface area contributed by atoms with E-state index in [4.69, 9.17) is 16.3 Å². The lowest BCUT2D eigenvalue weighted by Crippen LogP contribution is -2.13. The first-order valence-corrected chi connectivity index (χ1v) is 7.09. The molecule has 5 heteroatoms. The first-order valence-electron chi connectivity index (χ1n) is 6.71. The van der Waals surface area contributed by atoms with E-state index in [1.807, 2.05) is 6.07 Å². The summed E-state index contributed by atoms with van der Waals surface area (Å²) in [4.78, 5) is 0. The van der Waals surface area contributed by atoms with Gasteiger partial charge in [-0.1, -0.05) is 24.6 Å². The molecule has 1 N–H and O–H groups in total. The zero-order chi connectivity index (χ0) is 15.2. The van der Waals surface area contributed by atoms with Gasteiger partial charge in [-0.05, 0) is 30.7 Å². The minimum atomic E-state index is -0.684. The van der Waals surface area contributed by atoms with Crippen molar-refractivity contribution >= 4 is 11.6 Å². The molecule has 0 saturated heterocycles. The van der Waals surface area contributed by atoms with Crippen LogP contribution in [0.25, 0.3) is 0 Å². The summed E-state index contributed by atoms with van der Waals surface area (Å²) >= 11 is 6.17. The second-order valence-electron chi connectivity index (χ2n) is 4.64. The Kier molecular flexibility index (Phi) is 5.53. The minimum absolute atomic E-state index is 0.0976. The molecule has 21 heavy (non-hydrogen) atoms. The molecule has 112 valence electrons. The van der Waals surface area contributed by atoms with Gasteiger partial charge in [0.2, 0.25) is 0 Å². The molecule has 0 aromatic heterocycles. The molecule has 0 radical (unpaired) electrons. The first-order chi connectivity index (χ1) is 10.1. The standard InChI is InChI=1S/C16H16ClF2NO/c1-2-5-20-10-11-3-4-14(9-16(11)17)21-15-7-12(18)6-13(19)8-15/h3-4,6-9,20H,2,5,10H2,1H3. The highest BCUT2D eigenvalue weighted by atomic mass is 35.5. The number of ether oxygens (including phenoxy) is 1. The van der Waals surface area contributed by atoms with Crippen molar-refractivity contribution in [2.75, 3.05) is 6.54 Å². The van der Waals surface area contributed by atoms with Crippen LogP contribution in [0.5, 0.6) is 11.5 Å². The van der Waals surface area contributed by atoms with E-state index in [-0.39, 0.29) is 5.75 Å². The van der Waals surface area contributed by atoms with Crippen molar-refractivity contribution in [1.29, 1.82) is 0 Å². The van der Waals surface area contributed by atoms with Gasteiger partial charge in [-0.3, -0.25) is 0 Å². The van der Waals surface area contributed by atoms with Crippen LogP contribution >= 0.6 is 11.6 Å². The van der Waals surface area contributed by atoms with Gasteiger partial charge in [-0.2, -0.15) is 0 Å². The Morgan fingerprint density at radius 3 is 2.38 bits per heavy atom. The van der Waals surface area contributed by atoms with E-state index in [0.717, 1.165) is 36.7 Å². The van der Waals surface area contributed by atoms with Crippen LogP contribution in [0.15, 0.2) is 36.4 Å². The number of halogens is 3. The van der Waals surface area contributed by atoms with E-state index in [1.165, 1.54) is 0 Å². The van der Waals surface area contributed by atoms with Crippen LogP contribution in [0.1, 0.15) is 18.9 Å². The van der Waals surface area contributed by atoms with Gasteiger partial charge < -0.3 is 10.1 Å². The van der Waals surface area contributed by atoms with Gasteiger partial charge in [0, 0.05) is 29.8 Å². The smallest absolute Gasteiger partial charge is 0.133 e. The molecule has 0 heterocycles. The fraction of sp³-hybridized carbons (Fsp3) is 0.250. The van der Waals surface area contributed by atoms with E-state index >= 15 is 0 Å². The third kappa shape index (κ3) is 4.69. The van der Waals surface area contributed by atoms with E-state index in [0.29, 0.717) is 17.3 Å². The third-order valence-corrected chi connectivity index (χ3v) is 3.19. The summed E-state index contributed by atoms with van der Waals surface area (Å²) in [7, 11) is 0. The molecular weight excluding hydrogens is 296 g/mol. The van der Waals surface area contributed by atoms with Crippen LogP contribution in [-0.4, -0.2) is 6.54 Å². The fourth-order valence-electron chi connectivity index (χ4n) is 1.86. The summed E-state index contributed by atoms with van der Waals surface area (Å²) < 4.78 is 31.6. The van der Waals surface area contributed by atoms with E-state index < -0.39 is 11.6 Å². The van der Waals surface area contributed by atoms with Gasteiger partial charge in [-0.15, -0.1) is 0 Å². The van der Waals surface area contributed by atoms with Gasteiger partial charge in [0.15, 0.2) is 0 Å². The average Bonchev–Trinajstić information content (AvgIpc) is 2.40. The highest BCUT2D eigenvalue weighted by Crippen LogP contribution is 2.27. The molecule has 2 rings (SSSR count). The third-order valence-electron chi connectivity index (χ3n) is 2.84. The average molecular weight is 312 g/mol. The summed E-state index contributed by atoms with van der Waals surface area (Å²) in [6.45, 7) is 3.67. The van der Waals surface area contributed by atoms with Crippen molar-refractivity contribution in [2.45, 2.75) is 19.9 Å². The Labute approximate surface area is 127 Å². The number of hydrogen-bond donors (Lipinski definition) is 1. The summed E-state index contributed by atoms with van der Waals surface area (Å²) in [5, 5.41) is 3.80. The second kappa shape index (κ2) is 7.38. The Hall–Kier alpha value is -1.65. The zero-order valence-electron chi connectivity index (χ0n) is 11.6. The van der Waals surface area contributed by atoms with Crippen molar-refractivity contribution in [1.82, 2.24) is 5.32 Å². The SMILES string of the molecule is CCCNCc1ccc(Oc2cc(F)cc(F)c2)cc1Cl. The molecule has 0 bridgehead atoms. The second-order valence-corrected chi connectivity index (χ2v) is 5.04. The predicted octanol–water partition coefficient (Wildman–Crippen LogP) is 4.91. The highest BCUT2D eigenvalue weighted by Gasteiger charge is 2.06. The largest absolute Gasteiger partial charge is 0.457 e. The van der Waals surface area contributed by atoms with Crippen molar-refractivity contribution < 1.29 is 13.5 Å². The number of nitrogens with one attached hydrogen (secondary N) is 1. The molecule has 0 unspecified atom stereocenters. The number of hydrogen-bond acceptors (Lipinski definition) is 2. The molecule has 0 aliphatic heterocycles. The summed E-state index contributed by atoms with van der Waals surface area (Å²) in [5.41, 5.74) is 0.947. The van der Waals surface area contributed by atoms with Crippen LogP contribution in [-0.2, 0) is 6.54 Å². The first kappa shape index (κ1) is 15.7. The van der Waals surface area contributed by atoms with Crippen LogP contribution in [0, 0.1) is 11.6 Å². The maximum absolute atomic E-state index is 13.1. The fourth-order valence-corrected chi connectivity index (χ4v) is 2.10. The highest BCUT2D eigenvalue weighted by molar-refractivity contribution is 6.31. The molecule has 2 aromatic rings. The van der Waals surface area contributed by atoms with Gasteiger partial charge in [0.05, 0.1) is 0 Å². The van der Waals surface area contributed by atoms with Crippen molar-refractivity contribution in [3.8, 4) is 11.5 Å². The Morgan fingerprint density at radius 1 is 1.05 bits per heavy atom. The summed E-state index contributed by atoms with van der Waals surface area (Å²) in [6, 6.07) is 8.21. The minimum Gasteiger partial charge on any atom is -0.457 e. The molecule has 2 aromatic carbocycles. The lowest BCUT2D eigenvalue weighted by Gasteiger charge is -2.10. The monoisotopic (exact) mass is 311 g/mol. The summed E-state index contributed by atoms with van der Waals surface area (Å²) in [6.07, 6.45) is 1.05. The Morgan fingerprint density at radius 2 is 1.76 bits per heavy atom. The van der Waals surface area contributed by atoms with E-state index in [2.05, 4.69) is 12.2 Å². The molecule has 0 saturated carbocycles. The topological polar surface area (TPSA) is 21.3 Å². The van der Waals surface area contributed by atoms with Crippen LogP contribution < -0.4 is 10.1 Å². The molecular formula is C16H16ClF2NO. The van der Waals surface area contributed by atoms with E-state index in [1.54, 1.807) is 12.1 Å². The molecule has 0 spiro atoms. The molecule has 0 atom stereocenters. The quantitative estimate of drug-likeness (QED) is 0.765. The molecule has 0 aliphatic carbocycles. The van der Waals surface area contributed by atoms with Crippen molar-refractivity contribution in [3.05, 3.63) is 58.6 Å². The Balaban J connectivity index is 2.09. The van der Waals surface area contributed by atoms with E-state index in [9.17, 15) is 8.78 Å². The number of benzene rings is 2. The lowest BCUT2D eigenvalue weighted by atomic mass is 10.2. The molecule has 0 amide bonds. The molecule has 2 nitrogen and oxygen atoms in total. The van der Waals surface area contributed by atoms with Gasteiger partial charge in [-0.25, -0.2) is 8.78 Å². The zero-order valence-corrected chi connectivity index (χ0v) is 12.4. The lowest BCUT2D eigenvalue weighted by molar-refractivity contribution is 0.468. The number of rotatable bonds is 6. The maximum atomic E-state index is 13.1. The van der Waals surface area contributed by atoms with Crippen molar-refractivity contribution in [3.63, 3.8) is 0 Å². The Bertz CT molecular complexity index is 599. The molecule has 0 aliphatic rings. The van der Waals surface area contributed by atoms with Gasteiger partial charge >= 0.3 is 0 Å². The normalized spacial score (nSPS) is 10.7. The maximum Gasteiger partial charge on any atom is 0.133 e. The van der Waals surface area contributed by atoms with Crippen LogP contribution in [0.2, 0.25) is 5.02 Å². The summed E-state index contributed by atoms with van der Waals surface area (Å²) in [5.74, 6) is -0.836. The van der Waals surface area contributed by atoms with Gasteiger partial charge in [0.25, 0.3) is 0 Å². The molecule has 0 fully saturated rings. The van der Waals surface area contributed by atoms with Crippen LogP contribution in [0.4, 0.5) is 8.78 Å². The van der Waals surface area contributed by atoms with Crippen LogP contribution in [0.3, 0.4) is 0 Å².